The van der Waals surface area contributed by atoms with Crippen molar-refractivity contribution in [2.45, 2.75) is 45.6 Å². The van der Waals surface area contributed by atoms with Gasteiger partial charge in [-0.2, -0.15) is 5.10 Å². The van der Waals surface area contributed by atoms with Gasteiger partial charge in [0.2, 0.25) is 0 Å². The first-order valence-electron chi connectivity index (χ1n) is 10.2. The summed E-state index contributed by atoms with van der Waals surface area (Å²) >= 11 is 0. The van der Waals surface area contributed by atoms with E-state index in [2.05, 4.69) is 17.3 Å². The molecule has 3 heterocycles. The summed E-state index contributed by atoms with van der Waals surface area (Å²) < 4.78 is 7.25. The van der Waals surface area contributed by atoms with E-state index in [0.29, 0.717) is 28.6 Å². The number of aryl methyl sites for hydroxylation is 2. The normalized spacial score (nSPS) is 24.8. The Morgan fingerprint density at radius 3 is 2.89 bits per heavy atom. The van der Waals surface area contributed by atoms with Gasteiger partial charge in [-0.1, -0.05) is 6.42 Å². The number of nitrogens with one attached hydrogen (secondary N) is 1. The Balaban J connectivity index is 1.51. The molecule has 2 saturated carbocycles. The number of aromatic nitrogens is 3. The lowest BCUT2D eigenvalue weighted by Crippen LogP contribution is -2.40. The van der Waals surface area contributed by atoms with Crippen LogP contribution in [-0.2, 0) is 7.05 Å². The van der Waals surface area contributed by atoms with Crippen LogP contribution in [0.1, 0.15) is 48.7 Å². The van der Waals surface area contributed by atoms with Crippen LogP contribution in [0.4, 0.5) is 0 Å². The number of rotatable bonds is 4. The maximum Gasteiger partial charge on any atom is 0.252 e. The van der Waals surface area contributed by atoms with Crippen LogP contribution < -0.4 is 5.32 Å². The van der Waals surface area contributed by atoms with Gasteiger partial charge in [0.05, 0.1) is 22.9 Å². The van der Waals surface area contributed by atoms with Crippen molar-refractivity contribution in [1.29, 1.82) is 0 Å². The molecule has 5 rings (SSSR count). The highest BCUT2D eigenvalue weighted by Crippen LogP contribution is 2.49. The van der Waals surface area contributed by atoms with Crippen molar-refractivity contribution in [3.8, 4) is 11.5 Å². The first kappa shape index (κ1) is 17.5. The molecular formula is C22H26N4O2. The maximum absolute atomic E-state index is 13.3. The van der Waals surface area contributed by atoms with Crippen LogP contribution in [0.3, 0.4) is 0 Å². The van der Waals surface area contributed by atoms with E-state index in [1.807, 2.05) is 32.2 Å². The third kappa shape index (κ3) is 2.74. The quantitative estimate of drug-likeness (QED) is 0.742. The lowest BCUT2D eigenvalue weighted by molar-refractivity contribution is 0.0917. The number of pyridine rings is 1. The zero-order valence-corrected chi connectivity index (χ0v) is 16.6. The van der Waals surface area contributed by atoms with E-state index in [-0.39, 0.29) is 11.9 Å². The number of carbonyl (C=O) groups excluding carboxylic acids is 1. The molecule has 0 spiro atoms. The number of hydrogen-bond donors (Lipinski definition) is 1. The molecule has 4 atom stereocenters. The fraction of sp³-hybridized carbons (Fsp3) is 0.500. The standard InChI is InChI=1S/C22H26N4O2/c1-12(16-10-14-6-7-15(16)9-14)23-22(27)17-11-18(19-5-4-8-28-19)24-21-20(17)13(2)25-26(21)3/h4-5,8,11-12,14-16H,6-7,9-10H2,1-3H3,(H,23,27)/t12-,14+,15+,16+/m0/s1. The molecule has 3 aromatic heterocycles. The monoisotopic (exact) mass is 378 g/mol. The predicted molar refractivity (Wildman–Crippen MR) is 107 cm³/mol. The Morgan fingerprint density at radius 2 is 2.21 bits per heavy atom. The van der Waals surface area contributed by atoms with Crippen molar-refractivity contribution in [3.05, 3.63) is 35.7 Å². The van der Waals surface area contributed by atoms with Crippen molar-refractivity contribution in [2.24, 2.45) is 24.8 Å². The van der Waals surface area contributed by atoms with E-state index in [4.69, 9.17) is 9.40 Å². The minimum absolute atomic E-state index is 0.0495. The lowest BCUT2D eigenvalue weighted by Gasteiger charge is -2.28. The summed E-state index contributed by atoms with van der Waals surface area (Å²) in [7, 11) is 1.85. The Hall–Kier alpha value is -2.63. The first-order valence-corrected chi connectivity index (χ1v) is 10.2. The number of fused-ring (bicyclic) bond motifs is 3. The van der Waals surface area contributed by atoms with E-state index in [1.165, 1.54) is 25.7 Å². The summed E-state index contributed by atoms with van der Waals surface area (Å²) in [6, 6.07) is 5.69. The Kier molecular flexibility index (Phi) is 4.03. The molecule has 3 aromatic rings. The van der Waals surface area contributed by atoms with E-state index < -0.39 is 0 Å². The third-order valence-corrected chi connectivity index (χ3v) is 6.78. The fourth-order valence-corrected chi connectivity index (χ4v) is 5.47. The first-order chi connectivity index (χ1) is 13.5. The van der Waals surface area contributed by atoms with Crippen molar-refractivity contribution < 1.29 is 9.21 Å². The molecule has 0 radical (unpaired) electrons. The lowest BCUT2D eigenvalue weighted by atomic mass is 9.84. The topological polar surface area (TPSA) is 73.0 Å². The molecule has 1 amide bonds. The molecule has 0 aromatic carbocycles. The highest BCUT2D eigenvalue weighted by atomic mass is 16.3. The molecule has 2 bridgehead atoms. The highest BCUT2D eigenvalue weighted by molar-refractivity contribution is 6.07. The Labute approximate surface area is 164 Å². The van der Waals surface area contributed by atoms with Crippen LogP contribution in [0.5, 0.6) is 0 Å². The second-order valence-electron chi connectivity index (χ2n) is 8.54. The smallest absolute Gasteiger partial charge is 0.252 e. The fourth-order valence-electron chi connectivity index (χ4n) is 5.47. The SMILES string of the molecule is Cc1nn(C)c2nc(-c3ccco3)cc(C(=O)N[C@@H](C)[C@H]3C[C@@H]4CC[C@@H]3C4)c12. The summed E-state index contributed by atoms with van der Waals surface area (Å²) in [5.41, 5.74) is 2.79. The molecule has 1 N–H and O–H groups in total. The van der Waals surface area contributed by atoms with Gasteiger partial charge in [-0.15, -0.1) is 0 Å². The van der Waals surface area contributed by atoms with Crippen LogP contribution >= 0.6 is 0 Å². The van der Waals surface area contributed by atoms with Crippen molar-refractivity contribution in [3.63, 3.8) is 0 Å². The van der Waals surface area contributed by atoms with Gasteiger partial charge in [-0.05, 0) is 69.1 Å². The summed E-state index contributed by atoms with van der Waals surface area (Å²) in [5.74, 6) is 2.84. The van der Waals surface area contributed by atoms with Gasteiger partial charge >= 0.3 is 0 Å². The van der Waals surface area contributed by atoms with Gasteiger partial charge in [-0.25, -0.2) is 4.98 Å². The number of carbonyl (C=O) groups is 1. The molecule has 2 aliphatic rings. The van der Waals surface area contributed by atoms with E-state index >= 15 is 0 Å². The summed E-state index contributed by atoms with van der Waals surface area (Å²) in [5, 5.41) is 8.59. The molecular weight excluding hydrogens is 352 g/mol. The van der Waals surface area contributed by atoms with E-state index in [0.717, 1.165) is 22.9 Å². The molecule has 2 aliphatic carbocycles. The number of furan rings is 1. The summed E-state index contributed by atoms with van der Waals surface area (Å²) in [6.07, 6.45) is 6.90. The molecule has 2 fully saturated rings. The zero-order valence-electron chi connectivity index (χ0n) is 16.6. The largest absolute Gasteiger partial charge is 0.463 e. The average molecular weight is 378 g/mol. The molecule has 28 heavy (non-hydrogen) atoms. The summed E-state index contributed by atoms with van der Waals surface area (Å²) in [6.45, 7) is 4.08. The predicted octanol–water partition coefficient (Wildman–Crippen LogP) is 4.09. The van der Waals surface area contributed by atoms with Crippen LogP contribution in [-0.4, -0.2) is 26.7 Å². The molecule has 6 heteroatoms. The van der Waals surface area contributed by atoms with E-state index in [1.54, 1.807) is 10.9 Å². The molecule has 146 valence electrons. The number of amides is 1. The maximum atomic E-state index is 13.3. The van der Waals surface area contributed by atoms with Crippen LogP contribution in [0.2, 0.25) is 0 Å². The van der Waals surface area contributed by atoms with Gasteiger partial charge in [0.1, 0.15) is 5.69 Å². The van der Waals surface area contributed by atoms with Gasteiger partial charge in [0.15, 0.2) is 11.4 Å². The van der Waals surface area contributed by atoms with Crippen LogP contribution in [0, 0.1) is 24.7 Å². The van der Waals surface area contributed by atoms with Gasteiger partial charge in [0, 0.05) is 13.1 Å². The number of nitrogens with zero attached hydrogens (tertiary/aromatic N) is 3. The van der Waals surface area contributed by atoms with Gasteiger partial charge in [-0.3, -0.25) is 9.48 Å². The number of hydrogen-bond acceptors (Lipinski definition) is 4. The van der Waals surface area contributed by atoms with Crippen molar-refractivity contribution >= 4 is 16.9 Å². The van der Waals surface area contributed by atoms with Gasteiger partial charge in [0.25, 0.3) is 5.91 Å². The third-order valence-electron chi connectivity index (χ3n) is 6.78. The summed E-state index contributed by atoms with van der Waals surface area (Å²) in [4.78, 5) is 18.0. The molecule has 0 saturated heterocycles. The highest BCUT2D eigenvalue weighted by Gasteiger charge is 2.42. The second kappa shape index (κ2) is 6.47. The molecule has 0 aliphatic heterocycles. The van der Waals surface area contributed by atoms with Crippen LogP contribution in [0.15, 0.2) is 28.9 Å². The zero-order chi connectivity index (χ0) is 19.4. The van der Waals surface area contributed by atoms with Crippen molar-refractivity contribution in [2.75, 3.05) is 0 Å². The Bertz CT molecular complexity index is 1040. The van der Waals surface area contributed by atoms with Crippen molar-refractivity contribution in [1.82, 2.24) is 20.1 Å². The minimum atomic E-state index is -0.0495. The minimum Gasteiger partial charge on any atom is -0.463 e. The second-order valence-corrected chi connectivity index (χ2v) is 8.54. The van der Waals surface area contributed by atoms with Gasteiger partial charge < -0.3 is 9.73 Å². The Morgan fingerprint density at radius 1 is 1.36 bits per heavy atom. The van der Waals surface area contributed by atoms with Crippen LogP contribution in [0.25, 0.3) is 22.5 Å². The van der Waals surface area contributed by atoms with E-state index in [9.17, 15) is 4.79 Å². The molecule has 0 unspecified atom stereocenters. The molecule has 6 nitrogen and oxygen atoms in total. The average Bonchev–Trinajstić information content (AvgIpc) is 3.46.